The van der Waals surface area contributed by atoms with Gasteiger partial charge in [-0.25, -0.2) is 0 Å². The number of pyridine rings is 1. The van der Waals surface area contributed by atoms with Gasteiger partial charge in [-0.05, 0) is 24.1 Å². The number of hydrogen-bond donors (Lipinski definition) is 1. The Morgan fingerprint density at radius 1 is 0.950 bits per heavy atom. The van der Waals surface area contributed by atoms with Gasteiger partial charge in [-0.15, -0.1) is 0 Å². The Balaban J connectivity index is 1.89. The van der Waals surface area contributed by atoms with Crippen molar-refractivity contribution in [3.05, 3.63) is 42.2 Å². The van der Waals surface area contributed by atoms with Crippen molar-refractivity contribution in [2.24, 2.45) is 5.92 Å². The zero-order valence-corrected chi connectivity index (χ0v) is 12.0. The summed E-state index contributed by atoms with van der Waals surface area (Å²) in [6.07, 6.45) is 12.1. The van der Waals surface area contributed by atoms with E-state index in [2.05, 4.69) is 17.1 Å². The standard InChI is InChI=1S/C18H23NO/c20-18(14-8-4-2-1-3-5-9-14)17-13-19-12-15-10-6-7-11-16(15)17/h6-7,10-14,18,20H,1-5,8-9H2. The number of aromatic nitrogens is 1. The van der Waals surface area contributed by atoms with E-state index in [1.54, 1.807) is 0 Å². The Bertz CT molecular complexity index is 553. The fourth-order valence-corrected chi connectivity index (χ4v) is 3.43. The summed E-state index contributed by atoms with van der Waals surface area (Å²) in [6.45, 7) is 0. The van der Waals surface area contributed by atoms with Crippen LogP contribution in [0, 0.1) is 5.92 Å². The van der Waals surface area contributed by atoms with Crippen molar-refractivity contribution >= 4 is 10.8 Å². The molecule has 0 radical (unpaired) electrons. The summed E-state index contributed by atoms with van der Waals surface area (Å²) in [7, 11) is 0. The number of hydrogen-bond acceptors (Lipinski definition) is 2. The first kappa shape index (κ1) is 13.6. The highest BCUT2D eigenvalue weighted by atomic mass is 16.3. The molecule has 1 heterocycles. The van der Waals surface area contributed by atoms with Gasteiger partial charge in [0.25, 0.3) is 0 Å². The van der Waals surface area contributed by atoms with Crippen LogP contribution in [0.2, 0.25) is 0 Å². The average molecular weight is 269 g/mol. The lowest BCUT2D eigenvalue weighted by atomic mass is 9.84. The van der Waals surface area contributed by atoms with E-state index in [1.807, 2.05) is 24.5 Å². The van der Waals surface area contributed by atoms with Gasteiger partial charge in [-0.2, -0.15) is 0 Å². The molecule has 1 N–H and O–H groups in total. The number of aliphatic hydroxyl groups excluding tert-OH is 1. The van der Waals surface area contributed by atoms with E-state index >= 15 is 0 Å². The predicted molar refractivity (Wildman–Crippen MR) is 82.5 cm³/mol. The SMILES string of the molecule is OC(c1cncc2ccccc12)C1CCCCCCC1. The second-order valence-electron chi connectivity index (χ2n) is 6.00. The molecular weight excluding hydrogens is 246 g/mol. The van der Waals surface area contributed by atoms with Crippen LogP contribution in [0.1, 0.15) is 56.6 Å². The molecule has 1 aromatic heterocycles. The molecule has 0 aliphatic heterocycles. The van der Waals surface area contributed by atoms with Gasteiger partial charge in [0.1, 0.15) is 0 Å². The molecule has 2 heteroatoms. The molecule has 1 atom stereocenters. The molecule has 20 heavy (non-hydrogen) atoms. The topological polar surface area (TPSA) is 33.1 Å². The Kier molecular flexibility index (Phi) is 4.31. The summed E-state index contributed by atoms with van der Waals surface area (Å²) in [6, 6.07) is 8.22. The predicted octanol–water partition coefficient (Wildman–Crippen LogP) is 4.63. The average Bonchev–Trinajstić information content (AvgIpc) is 2.46. The van der Waals surface area contributed by atoms with Gasteiger partial charge in [-0.3, -0.25) is 4.98 Å². The Morgan fingerprint density at radius 2 is 1.65 bits per heavy atom. The zero-order chi connectivity index (χ0) is 13.8. The minimum atomic E-state index is -0.369. The fourth-order valence-electron chi connectivity index (χ4n) is 3.43. The molecule has 2 nitrogen and oxygen atoms in total. The summed E-state index contributed by atoms with van der Waals surface area (Å²) in [5.74, 6) is 0.392. The second-order valence-corrected chi connectivity index (χ2v) is 6.00. The summed E-state index contributed by atoms with van der Waals surface area (Å²) in [5.41, 5.74) is 1.01. The lowest BCUT2D eigenvalue weighted by molar-refractivity contribution is 0.0922. The van der Waals surface area contributed by atoms with E-state index in [9.17, 15) is 5.11 Å². The minimum Gasteiger partial charge on any atom is -0.388 e. The van der Waals surface area contributed by atoms with E-state index in [4.69, 9.17) is 0 Å². The number of rotatable bonds is 2. The maximum atomic E-state index is 10.8. The van der Waals surface area contributed by atoms with Crippen molar-refractivity contribution in [1.82, 2.24) is 4.98 Å². The van der Waals surface area contributed by atoms with Crippen molar-refractivity contribution in [1.29, 1.82) is 0 Å². The molecule has 0 saturated heterocycles. The van der Waals surface area contributed by atoms with Crippen LogP contribution in [0.25, 0.3) is 10.8 Å². The lowest BCUT2D eigenvalue weighted by Crippen LogP contribution is -2.15. The zero-order valence-electron chi connectivity index (χ0n) is 12.0. The summed E-state index contributed by atoms with van der Waals surface area (Å²) in [4.78, 5) is 4.31. The quantitative estimate of drug-likeness (QED) is 0.862. The molecule has 1 aliphatic carbocycles. The Hall–Kier alpha value is -1.41. The highest BCUT2D eigenvalue weighted by molar-refractivity contribution is 5.84. The third-order valence-electron chi connectivity index (χ3n) is 4.61. The van der Waals surface area contributed by atoms with Gasteiger partial charge in [0.15, 0.2) is 0 Å². The Labute approximate surface area is 120 Å². The van der Waals surface area contributed by atoms with E-state index in [0.29, 0.717) is 5.92 Å². The van der Waals surface area contributed by atoms with Crippen LogP contribution >= 0.6 is 0 Å². The van der Waals surface area contributed by atoms with Crippen molar-refractivity contribution in [3.63, 3.8) is 0 Å². The molecule has 1 aliphatic rings. The molecule has 1 saturated carbocycles. The molecule has 1 fully saturated rings. The van der Waals surface area contributed by atoms with Crippen LogP contribution in [0.15, 0.2) is 36.7 Å². The van der Waals surface area contributed by atoms with Crippen LogP contribution in [0.4, 0.5) is 0 Å². The van der Waals surface area contributed by atoms with Gasteiger partial charge in [0.2, 0.25) is 0 Å². The fraction of sp³-hybridized carbons (Fsp3) is 0.500. The van der Waals surface area contributed by atoms with Crippen molar-refractivity contribution in [3.8, 4) is 0 Å². The molecule has 0 bridgehead atoms. The van der Waals surface area contributed by atoms with Crippen LogP contribution in [-0.4, -0.2) is 10.1 Å². The number of benzene rings is 1. The first-order valence-corrected chi connectivity index (χ1v) is 7.87. The van der Waals surface area contributed by atoms with Gasteiger partial charge in [-0.1, -0.05) is 56.4 Å². The lowest BCUT2D eigenvalue weighted by Gasteiger charge is -2.25. The summed E-state index contributed by atoms with van der Waals surface area (Å²) in [5, 5.41) is 13.1. The van der Waals surface area contributed by atoms with Crippen LogP contribution in [-0.2, 0) is 0 Å². The molecule has 1 unspecified atom stereocenters. The minimum absolute atomic E-state index is 0.369. The number of aliphatic hydroxyl groups is 1. The monoisotopic (exact) mass is 269 g/mol. The maximum Gasteiger partial charge on any atom is 0.0839 e. The molecular formula is C18H23NO. The molecule has 0 amide bonds. The smallest absolute Gasteiger partial charge is 0.0839 e. The Morgan fingerprint density at radius 3 is 2.45 bits per heavy atom. The third-order valence-corrected chi connectivity index (χ3v) is 4.61. The van der Waals surface area contributed by atoms with Gasteiger partial charge < -0.3 is 5.11 Å². The van der Waals surface area contributed by atoms with Crippen molar-refractivity contribution in [2.45, 2.75) is 51.0 Å². The van der Waals surface area contributed by atoms with E-state index in [0.717, 1.165) is 29.2 Å². The van der Waals surface area contributed by atoms with Crippen LogP contribution < -0.4 is 0 Å². The van der Waals surface area contributed by atoms with Crippen molar-refractivity contribution < 1.29 is 5.11 Å². The molecule has 106 valence electrons. The maximum absolute atomic E-state index is 10.8. The van der Waals surface area contributed by atoms with E-state index in [-0.39, 0.29) is 6.10 Å². The number of nitrogens with zero attached hydrogens (tertiary/aromatic N) is 1. The van der Waals surface area contributed by atoms with E-state index < -0.39 is 0 Å². The van der Waals surface area contributed by atoms with Crippen molar-refractivity contribution in [2.75, 3.05) is 0 Å². The van der Waals surface area contributed by atoms with Gasteiger partial charge in [0.05, 0.1) is 6.10 Å². The normalized spacial score (nSPS) is 19.4. The molecule has 0 spiro atoms. The highest BCUT2D eigenvalue weighted by Gasteiger charge is 2.23. The first-order valence-electron chi connectivity index (χ1n) is 7.87. The van der Waals surface area contributed by atoms with Gasteiger partial charge >= 0.3 is 0 Å². The highest BCUT2D eigenvalue weighted by Crippen LogP contribution is 2.35. The largest absolute Gasteiger partial charge is 0.388 e. The molecule has 3 rings (SSSR count). The second kappa shape index (κ2) is 6.36. The summed E-state index contributed by atoms with van der Waals surface area (Å²) < 4.78 is 0. The van der Waals surface area contributed by atoms with E-state index in [1.165, 1.54) is 32.1 Å². The molecule has 1 aromatic carbocycles. The van der Waals surface area contributed by atoms with Crippen LogP contribution in [0.5, 0.6) is 0 Å². The summed E-state index contributed by atoms with van der Waals surface area (Å²) >= 11 is 0. The third kappa shape index (κ3) is 2.85. The molecule has 2 aromatic rings. The number of fused-ring (bicyclic) bond motifs is 1. The van der Waals surface area contributed by atoms with Crippen LogP contribution in [0.3, 0.4) is 0 Å². The van der Waals surface area contributed by atoms with Gasteiger partial charge in [0, 0.05) is 23.3 Å². The first-order chi connectivity index (χ1) is 9.86.